The third-order valence-electron chi connectivity index (χ3n) is 4.33. The molecule has 0 aliphatic heterocycles. The highest BCUT2D eigenvalue weighted by Crippen LogP contribution is 2.27. The molecule has 19 heavy (non-hydrogen) atoms. The Bertz CT molecular complexity index is 244. The summed E-state index contributed by atoms with van der Waals surface area (Å²) in [6.07, 6.45) is 12.3. The van der Waals surface area contributed by atoms with Gasteiger partial charge in [-0.25, -0.2) is 0 Å². The van der Waals surface area contributed by atoms with E-state index in [-0.39, 0.29) is 5.91 Å². The van der Waals surface area contributed by atoms with Crippen molar-refractivity contribution < 1.29 is 4.79 Å². The molecule has 1 unspecified atom stereocenters. The predicted octanol–water partition coefficient (Wildman–Crippen LogP) is 4.68. The molecule has 0 saturated heterocycles. The molecule has 1 aliphatic carbocycles. The fourth-order valence-corrected chi connectivity index (χ4v) is 3.06. The van der Waals surface area contributed by atoms with E-state index in [1.54, 1.807) is 0 Å². The fraction of sp³-hybridized carbons (Fsp3) is 0.941. The summed E-state index contributed by atoms with van der Waals surface area (Å²) < 4.78 is 0. The minimum atomic E-state index is 0.266. The van der Waals surface area contributed by atoms with Gasteiger partial charge in [-0.15, -0.1) is 0 Å². The van der Waals surface area contributed by atoms with Gasteiger partial charge in [0.15, 0.2) is 0 Å². The van der Waals surface area contributed by atoms with Crippen LogP contribution in [0.5, 0.6) is 0 Å². The molecule has 0 aromatic carbocycles. The van der Waals surface area contributed by atoms with Crippen LogP contribution in [0.4, 0.5) is 0 Å². The third-order valence-corrected chi connectivity index (χ3v) is 4.33. The van der Waals surface area contributed by atoms with Crippen molar-refractivity contribution in [3.63, 3.8) is 0 Å². The first-order valence-corrected chi connectivity index (χ1v) is 8.37. The molecular weight excluding hydrogens is 234 g/mol. The molecule has 1 rings (SSSR count). The first-order chi connectivity index (χ1) is 9.08. The van der Waals surface area contributed by atoms with Gasteiger partial charge in [0, 0.05) is 12.5 Å². The van der Waals surface area contributed by atoms with E-state index >= 15 is 0 Å². The molecule has 0 aromatic heterocycles. The third kappa shape index (κ3) is 8.28. The van der Waals surface area contributed by atoms with Gasteiger partial charge in [-0.3, -0.25) is 4.79 Å². The van der Waals surface area contributed by atoms with Crippen molar-refractivity contribution in [3.05, 3.63) is 0 Å². The lowest BCUT2D eigenvalue weighted by Crippen LogP contribution is -2.32. The van der Waals surface area contributed by atoms with E-state index in [0.29, 0.717) is 6.04 Å². The van der Waals surface area contributed by atoms with Crippen LogP contribution in [0.25, 0.3) is 0 Å². The molecule has 1 atom stereocenters. The molecule has 2 nitrogen and oxygen atoms in total. The van der Waals surface area contributed by atoms with Crippen molar-refractivity contribution in [2.24, 2.45) is 11.8 Å². The standard InChI is InChI=1S/C17H33NO/c1-14(2)8-7-9-15(3)18-17(19)13-12-16-10-5-4-6-11-16/h14-16H,4-13H2,1-3H3,(H,18,19). The minimum absolute atomic E-state index is 0.266. The number of carbonyl (C=O) groups is 1. The summed E-state index contributed by atoms with van der Waals surface area (Å²) in [5.41, 5.74) is 0. The smallest absolute Gasteiger partial charge is 0.220 e. The van der Waals surface area contributed by atoms with Gasteiger partial charge in [0.25, 0.3) is 0 Å². The van der Waals surface area contributed by atoms with Gasteiger partial charge in [0.1, 0.15) is 0 Å². The molecule has 0 radical (unpaired) electrons. The number of rotatable bonds is 8. The van der Waals surface area contributed by atoms with Crippen molar-refractivity contribution >= 4 is 5.91 Å². The van der Waals surface area contributed by atoms with Crippen molar-refractivity contribution in [1.29, 1.82) is 0 Å². The van der Waals surface area contributed by atoms with Crippen LogP contribution >= 0.6 is 0 Å². The normalized spacial score (nSPS) is 18.5. The van der Waals surface area contributed by atoms with Crippen molar-refractivity contribution in [2.45, 2.75) is 91.0 Å². The average molecular weight is 267 g/mol. The molecule has 0 heterocycles. The maximum atomic E-state index is 11.9. The number of hydrogen-bond donors (Lipinski definition) is 1. The molecule has 1 saturated carbocycles. The number of amides is 1. The zero-order valence-electron chi connectivity index (χ0n) is 13.2. The highest BCUT2D eigenvalue weighted by Gasteiger charge is 2.15. The van der Waals surface area contributed by atoms with Gasteiger partial charge < -0.3 is 5.32 Å². The van der Waals surface area contributed by atoms with Crippen molar-refractivity contribution in [1.82, 2.24) is 5.32 Å². The quantitative estimate of drug-likeness (QED) is 0.680. The predicted molar refractivity (Wildman–Crippen MR) is 82.1 cm³/mol. The Labute approximate surface area is 119 Å². The van der Waals surface area contributed by atoms with Gasteiger partial charge in [-0.2, -0.15) is 0 Å². The summed E-state index contributed by atoms with van der Waals surface area (Å²) in [6.45, 7) is 6.65. The Morgan fingerprint density at radius 3 is 2.42 bits per heavy atom. The minimum Gasteiger partial charge on any atom is -0.354 e. The summed E-state index contributed by atoms with van der Waals surface area (Å²) in [4.78, 5) is 11.9. The largest absolute Gasteiger partial charge is 0.354 e. The first-order valence-electron chi connectivity index (χ1n) is 8.37. The SMILES string of the molecule is CC(C)CCCC(C)NC(=O)CCC1CCCCC1. The highest BCUT2D eigenvalue weighted by atomic mass is 16.1. The molecule has 0 aromatic rings. The Kier molecular flexibility index (Phi) is 8.16. The first kappa shape index (κ1) is 16.5. The lowest BCUT2D eigenvalue weighted by molar-refractivity contribution is -0.122. The molecule has 2 heteroatoms. The Morgan fingerprint density at radius 1 is 1.11 bits per heavy atom. The monoisotopic (exact) mass is 267 g/mol. The zero-order chi connectivity index (χ0) is 14.1. The summed E-state index contributed by atoms with van der Waals surface area (Å²) in [6, 6.07) is 0.345. The average Bonchev–Trinajstić information content (AvgIpc) is 2.37. The zero-order valence-corrected chi connectivity index (χ0v) is 13.2. The Morgan fingerprint density at radius 2 is 1.79 bits per heavy atom. The Balaban J connectivity index is 2.05. The lowest BCUT2D eigenvalue weighted by atomic mass is 9.86. The molecule has 1 fully saturated rings. The summed E-state index contributed by atoms with van der Waals surface area (Å²) in [5, 5.41) is 3.15. The second kappa shape index (κ2) is 9.39. The van der Waals surface area contributed by atoms with Crippen LogP contribution < -0.4 is 5.32 Å². The molecule has 112 valence electrons. The fourth-order valence-electron chi connectivity index (χ4n) is 3.06. The van der Waals surface area contributed by atoms with Crippen LogP contribution in [0, 0.1) is 11.8 Å². The molecule has 1 amide bonds. The number of hydrogen-bond acceptors (Lipinski definition) is 1. The number of carbonyl (C=O) groups excluding carboxylic acids is 1. The van der Waals surface area contributed by atoms with E-state index in [2.05, 4.69) is 26.1 Å². The van der Waals surface area contributed by atoms with Gasteiger partial charge in [0.2, 0.25) is 5.91 Å². The maximum Gasteiger partial charge on any atom is 0.220 e. The molecule has 1 N–H and O–H groups in total. The Hall–Kier alpha value is -0.530. The topological polar surface area (TPSA) is 29.1 Å². The van der Waals surface area contributed by atoms with Crippen LogP contribution in [0.1, 0.15) is 85.0 Å². The molecular formula is C17H33NO. The molecule has 1 aliphatic rings. The van der Waals surface area contributed by atoms with E-state index < -0.39 is 0 Å². The molecule has 0 spiro atoms. The van der Waals surface area contributed by atoms with E-state index in [9.17, 15) is 4.79 Å². The summed E-state index contributed by atoms with van der Waals surface area (Å²) in [7, 11) is 0. The molecule has 0 bridgehead atoms. The van der Waals surface area contributed by atoms with E-state index in [1.807, 2.05) is 0 Å². The van der Waals surface area contributed by atoms with Gasteiger partial charge >= 0.3 is 0 Å². The van der Waals surface area contributed by atoms with Crippen molar-refractivity contribution in [2.75, 3.05) is 0 Å². The van der Waals surface area contributed by atoms with Crippen LogP contribution in [0.15, 0.2) is 0 Å². The van der Waals surface area contributed by atoms with E-state index in [0.717, 1.165) is 31.1 Å². The van der Waals surface area contributed by atoms with Crippen LogP contribution in [0.3, 0.4) is 0 Å². The van der Waals surface area contributed by atoms with Crippen LogP contribution in [-0.4, -0.2) is 11.9 Å². The summed E-state index contributed by atoms with van der Waals surface area (Å²) in [5.74, 6) is 1.85. The van der Waals surface area contributed by atoms with Gasteiger partial charge in [-0.1, -0.05) is 58.8 Å². The lowest BCUT2D eigenvalue weighted by Gasteiger charge is -2.21. The van der Waals surface area contributed by atoms with E-state index in [1.165, 1.54) is 44.9 Å². The van der Waals surface area contributed by atoms with Crippen LogP contribution in [-0.2, 0) is 4.79 Å². The maximum absolute atomic E-state index is 11.9. The van der Waals surface area contributed by atoms with Crippen molar-refractivity contribution in [3.8, 4) is 0 Å². The highest BCUT2D eigenvalue weighted by molar-refractivity contribution is 5.76. The second-order valence-corrected chi connectivity index (χ2v) is 6.84. The second-order valence-electron chi connectivity index (χ2n) is 6.84. The van der Waals surface area contributed by atoms with Gasteiger partial charge in [0.05, 0.1) is 0 Å². The number of nitrogens with one attached hydrogen (secondary N) is 1. The summed E-state index contributed by atoms with van der Waals surface area (Å²) >= 11 is 0. The van der Waals surface area contributed by atoms with E-state index in [4.69, 9.17) is 0 Å². The van der Waals surface area contributed by atoms with Crippen LogP contribution in [0.2, 0.25) is 0 Å². The van der Waals surface area contributed by atoms with Gasteiger partial charge in [-0.05, 0) is 31.6 Å².